The Hall–Kier alpha value is -3.98. The van der Waals surface area contributed by atoms with Gasteiger partial charge in [0.2, 0.25) is 41.3 Å². The van der Waals surface area contributed by atoms with Crippen molar-refractivity contribution >= 4 is 74.8 Å². The molecule has 2 atom stereocenters. The Kier molecular flexibility index (Phi) is 24.5. The topological polar surface area (TPSA) is 261 Å². The Labute approximate surface area is 322 Å². The Balaban J connectivity index is 2.43. The van der Waals surface area contributed by atoms with Gasteiger partial charge in [-0.05, 0) is 33.1 Å². The number of hydrogen-bond donors (Lipinski definition) is 10. The lowest BCUT2D eigenvalue weighted by atomic mass is 10.1. The van der Waals surface area contributed by atoms with Gasteiger partial charge < -0.3 is 52.7 Å². The molecule has 0 aliphatic heterocycles. The minimum atomic E-state index is -0.863. The van der Waals surface area contributed by atoms with Crippen LogP contribution in [0.4, 0.5) is 4.79 Å². The standard InChI is InChI=1S/C32H55N9O9S3/c1-5-33-29(47)23(9-7-8-12-36-26(44)10-13-37-32(50)38-15-18-53-52-17-14-35-21(3)42)40-27(45)11-16-41-28(46)19-25(31(41)49)51-20-24(39-22(4)43)30(48)34-6-2/h19,23-24,46,49H,5-18,20H2,1-4H3,(H,33,47)(H,34,48)(H,35,42)(H,36,44)(H,39,43)(H,40,45)(H2,37,38,50). The van der Waals surface area contributed by atoms with Crippen LogP contribution in [0.2, 0.25) is 0 Å². The number of amides is 8. The minimum absolute atomic E-state index is 0.0673. The van der Waals surface area contributed by atoms with Crippen molar-refractivity contribution in [3.63, 3.8) is 0 Å². The highest BCUT2D eigenvalue weighted by molar-refractivity contribution is 8.76. The zero-order chi connectivity index (χ0) is 39.6. The van der Waals surface area contributed by atoms with E-state index in [1.54, 1.807) is 35.4 Å². The fraction of sp³-hybridized carbons (Fsp3) is 0.656. The maximum atomic E-state index is 12.8. The van der Waals surface area contributed by atoms with Crippen molar-refractivity contribution in [2.75, 3.05) is 56.5 Å². The van der Waals surface area contributed by atoms with Crippen LogP contribution in [0.25, 0.3) is 0 Å². The summed E-state index contributed by atoms with van der Waals surface area (Å²) in [6, 6.07) is -0.765. The predicted octanol–water partition coefficient (Wildman–Crippen LogP) is 0.137. The third-order valence-corrected chi connectivity index (χ3v) is 10.5. The first-order valence-corrected chi connectivity index (χ1v) is 20.9. The molecule has 1 aromatic rings. The largest absolute Gasteiger partial charge is 0.494 e. The van der Waals surface area contributed by atoms with E-state index in [9.17, 15) is 43.8 Å². The monoisotopic (exact) mass is 805 g/mol. The highest BCUT2D eigenvalue weighted by atomic mass is 33.1. The van der Waals surface area contributed by atoms with E-state index in [-0.39, 0.29) is 78.0 Å². The van der Waals surface area contributed by atoms with Gasteiger partial charge >= 0.3 is 6.03 Å². The van der Waals surface area contributed by atoms with Gasteiger partial charge in [0.15, 0.2) is 5.88 Å². The molecule has 1 heterocycles. The average molecular weight is 806 g/mol. The number of aromatic hydroxyl groups is 2. The predicted molar refractivity (Wildman–Crippen MR) is 206 cm³/mol. The zero-order valence-electron chi connectivity index (χ0n) is 30.8. The second kappa shape index (κ2) is 27.6. The van der Waals surface area contributed by atoms with Crippen molar-refractivity contribution in [1.82, 2.24) is 47.1 Å². The van der Waals surface area contributed by atoms with Crippen molar-refractivity contribution in [1.29, 1.82) is 0 Å². The normalized spacial score (nSPS) is 11.8. The summed E-state index contributed by atoms with van der Waals surface area (Å²) in [6.45, 7) is 8.45. The van der Waals surface area contributed by atoms with Gasteiger partial charge in [-0.3, -0.25) is 33.3 Å². The summed E-state index contributed by atoms with van der Waals surface area (Å²) in [7, 11) is 3.18. The summed E-state index contributed by atoms with van der Waals surface area (Å²) in [4.78, 5) is 84.5. The molecular weight excluding hydrogens is 751 g/mol. The number of nitrogens with one attached hydrogen (secondary N) is 8. The summed E-state index contributed by atoms with van der Waals surface area (Å²) in [5.41, 5.74) is 0. The van der Waals surface area contributed by atoms with Crippen LogP contribution in [0.15, 0.2) is 11.0 Å². The van der Waals surface area contributed by atoms with Crippen molar-refractivity contribution < 1.29 is 43.8 Å². The number of rotatable bonds is 27. The Bertz CT molecular complexity index is 1350. The first-order chi connectivity index (χ1) is 25.3. The van der Waals surface area contributed by atoms with E-state index in [1.807, 2.05) is 0 Å². The smallest absolute Gasteiger partial charge is 0.314 e. The number of unbranched alkanes of at least 4 members (excludes halogenated alkanes) is 1. The van der Waals surface area contributed by atoms with E-state index in [4.69, 9.17) is 0 Å². The molecule has 2 unspecified atom stereocenters. The molecule has 0 aromatic carbocycles. The second-order valence-corrected chi connectivity index (χ2v) is 15.2. The SMILES string of the molecule is CCNC(=O)C(CSc1cc(O)n(CCC(=O)NC(CCCCNC(=O)CCNC(=O)NCCSSCCNC(C)=O)C(=O)NCC)c1O)NC(C)=O. The van der Waals surface area contributed by atoms with E-state index >= 15 is 0 Å². The summed E-state index contributed by atoms with van der Waals surface area (Å²) >= 11 is 1.05. The van der Waals surface area contributed by atoms with E-state index in [1.165, 1.54) is 19.9 Å². The molecule has 0 saturated heterocycles. The van der Waals surface area contributed by atoms with Gasteiger partial charge in [-0.2, -0.15) is 0 Å². The van der Waals surface area contributed by atoms with Crippen LogP contribution < -0.4 is 42.5 Å². The van der Waals surface area contributed by atoms with Gasteiger partial charge in [0.1, 0.15) is 12.1 Å². The molecule has 1 aromatic heterocycles. The van der Waals surface area contributed by atoms with Crippen LogP contribution >= 0.6 is 33.3 Å². The van der Waals surface area contributed by atoms with Crippen LogP contribution in [0.1, 0.15) is 59.8 Å². The van der Waals surface area contributed by atoms with E-state index in [0.29, 0.717) is 57.7 Å². The Morgan fingerprint density at radius 3 is 1.94 bits per heavy atom. The van der Waals surface area contributed by atoms with E-state index in [0.717, 1.165) is 22.1 Å². The molecule has 0 aliphatic carbocycles. The highest BCUT2D eigenvalue weighted by Gasteiger charge is 2.23. The molecule has 53 heavy (non-hydrogen) atoms. The van der Waals surface area contributed by atoms with Gasteiger partial charge in [-0.1, -0.05) is 21.6 Å². The summed E-state index contributed by atoms with van der Waals surface area (Å²) in [5, 5.41) is 42.5. The molecule has 0 spiro atoms. The van der Waals surface area contributed by atoms with Gasteiger partial charge in [0, 0.05) is 95.8 Å². The molecule has 0 radical (unpaired) electrons. The number of hydrogen-bond acceptors (Lipinski definition) is 12. The maximum absolute atomic E-state index is 12.8. The highest BCUT2D eigenvalue weighted by Crippen LogP contribution is 2.36. The average Bonchev–Trinajstić information content (AvgIpc) is 3.36. The van der Waals surface area contributed by atoms with Gasteiger partial charge in [0.25, 0.3) is 0 Å². The van der Waals surface area contributed by atoms with Crippen molar-refractivity contribution in [3.8, 4) is 11.8 Å². The van der Waals surface area contributed by atoms with Crippen LogP contribution in [0.3, 0.4) is 0 Å². The van der Waals surface area contributed by atoms with Crippen molar-refractivity contribution in [2.45, 2.75) is 83.3 Å². The Morgan fingerprint density at radius 2 is 1.32 bits per heavy atom. The molecule has 10 N–H and O–H groups in total. The first-order valence-electron chi connectivity index (χ1n) is 17.4. The van der Waals surface area contributed by atoms with E-state index in [2.05, 4.69) is 42.5 Å². The fourth-order valence-electron chi connectivity index (χ4n) is 4.51. The number of nitrogens with zero attached hydrogens (tertiary/aromatic N) is 1. The van der Waals surface area contributed by atoms with Crippen LogP contribution in [-0.2, 0) is 35.3 Å². The Morgan fingerprint density at radius 1 is 0.698 bits per heavy atom. The van der Waals surface area contributed by atoms with Crippen molar-refractivity contribution in [3.05, 3.63) is 6.07 Å². The number of aromatic nitrogens is 1. The lowest BCUT2D eigenvalue weighted by molar-refractivity contribution is -0.129. The third kappa shape index (κ3) is 21.3. The molecular formula is C32H55N9O9S3. The minimum Gasteiger partial charge on any atom is -0.494 e. The quantitative estimate of drug-likeness (QED) is 0.0324. The van der Waals surface area contributed by atoms with Gasteiger partial charge in [-0.25, -0.2) is 4.79 Å². The van der Waals surface area contributed by atoms with Gasteiger partial charge in [0.05, 0.1) is 4.90 Å². The van der Waals surface area contributed by atoms with Crippen LogP contribution in [0, 0.1) is 0 Å². The van der Waals surface area contributed by atoms with E-state index < -0.39 is 23.9 Å². The van der Waals surface area contributed by atoms with Crippen LogP contribution in [-0.4, -0.2) is 125 Å². The molecule has 0 fully saturated rings. The summed E-state index contributed by atoms with van der Waals surface area (Å²) in [5.74, 6) is -0.992. The number of likely N-dealkylation sites (N-methyl/N-ethyl adjacent to an activating group) is 2. The molecule has 8 amide bonds. The second-order valence-electron chi connectivity index (χ2n) is 11.5. The number of carbonyl (C=O) groups excluding carboxylic acids is 7. The van der Waals surface area contributed by atoms with Crippen molar-refractivity contribution in [2.24, 2.45) is 0 Å². The lowest BCUT2D eigenvalue weighted by Crippen LogP contribution is -2.47. The number of urea groups is 1. The number of thioether (sulfide) groups is 1. The molecule has 300 valence electrons. The lowest BCUT2D eigenvalue weighted by Gasteiger charge is -2.18. The maximum Gasteiger partial charge on any atom is 0.314 e. The molecule has 18 nitrogen and oxygen atoms in total. The number of carbonyl (C=O) groups is 7. The molecule has 1 rings (SSSR count). The molecule has 21 heteroatoms. The molecule has 0 bridgehead atoms. The first kappa shape index (κ1) is 47.0. The molecule has 0 saturated carbocycles. The summed E-state index contributed by atoms with van der Waals surface area (Å²) < 4.78 is 1.13. The third-order valence-electron chi connectivity index (χ3n) is 7.02. The fourth-order valence-corrected chi connectivity index (χ4v) is 7.33. The molecule has 0 aliphatic rings. The summed E-state index contributed by atoms with van der Waals surface area (Å²) in [6.07, 6.45) is 1.30. The zero-order valence-corrected chi connectivity index (χ0v) is 33.2. The van der Waals surface area contributed by atoms with Gasteiger partial charge in [-0.15, -0.1) is 11.8 Å². The van der Waals surface area contributed by atoms with Crippen LogP contribution in [0.5, 0.6) is 11.8 Å².